The van der Waals surface area contributed by atoms with Crippen LogP contribution >= 0.6 is 0 Å². The van der Waals surface area contributed by atoms with E-state index < -0.39 is 6.10 Å². The Labute approximate surface area is 431 Å². The van der Waals surface area contributed by atoms with E-state index in [-0.39, 0.29) is 31.1 Å². The zero-order chi connectivity index (χ0) is 50.0. The summed E-state index contributed by atoms with van der Waals surface area (Å²) in [6, 6.07) is 0. The van der Waals surface area contributed by atoms with Gasteiger partial charge in [0.25, 0.3) is 0 Å². The Morgan fingerprint density at radius 2 is 0.478 bits per heavy atom. The van der Waals surface area contributed by atoms with Crippen molar-refractivity contribution in [2.75, 3.05) is 13.2 Å². The highest BCUT2D eigenvalue weighted by Gasteiger charge is 2.19. The molecule has 0 aliphatic heterocycles. The largest absolute Gasteiger partial charge is 0.462 e. The molecule has 408 valence electrons. The van der Waals surface area contributed by atoms with Crippen LogP contribution in [0.15, 0.2) is 12.2 Å². The van der Waals surface area contributed by atoms with Crippen LogP contribution in [0, 0.1) is 0 Å². The maximum atomic E-state index is 12.7. The Kier molecular flexibility index (Phi) is 57.1. The zero-order valence-electron chi connectivity index (χ0n) is 46.9. The molecule has 0 amide bonds. The maximum Gasteiger partial charge on any atom is 0.306 e. The Balaban J connectivity index is 3.87. The Morgan fingerprint density at radius 1 is 0.275 bits per heavy atom. The molecule has 0 fully saturated rings. The highest BCUT2D eigenvalue weighted by atomic mass is 16.6. The number of allylic oxidation sites excluding steroid dienone is 2. The molecule has 6 heteroatoms. The molecule has 69 heavy (non-hydrogen) atoms. The third-order valence-corrected chi connectivity index (χ3v) is 14.3. The van der Waals surface area contributed by atoms with E-state index in [9.17, 15) is 14.4 Å². The molecule has 0 aromatic carbocycles. The van der Waals surface area contributed by atoms with Gasteiger partial charge >= 0.3 is 17.9 Å². The van der Waals surface area contributed by atoms with Crippen LogP contribution in [-0.2, 0) is 28.6 Å². The summed E-state index contributed by atoms with van der Waals surface area (Å²) in [7, 11) is 0. The van der Waals surface area contributed by atoms with Gasteiger partial charge in [0.05, 0.1) is 0 Å². The van der Waals surface area contributed by atoms with E-state index in [4.69, 9.17) is 14.2 Å². The van der Waals surface area contributed by atoms with Crippen molar-refractivity contribution >= 4 is 17.9 Å². The topological polar surface area (TPSA) is 78.9 Å². The fraction of sp³-hybridized carbons (Fsp3) is 0.921. The summed E-state index contributed by atoms with van der Waals surface area (Å²) in [6.45, 7) is 6.64. The lowest BCUT2D eigenvalue weighted by Gasteiger charge is -2.18. The fourth-order valence-corrected chi connectivity index (χ4v) is 9.56. The summed E-state index contributed by atoms with van der Waals surface area (Å²) in [5, 5.41) is 0. The smallest absolute Gasteiger partial charge is 0.306 e. The molecule has 0 saturated carbocycles. The Morgan fingerprint density at radius 3 is 0.725 bits per heavy atom. The lowest BCUT2D eigenvalue weighted by molar-refractivity contribution is -0.167. The van der Waals surface area contributed by atoms with Gasteiger partial charge in [0, 0.05) is 19.3 Å². The molecule has 0 bridgehead atoms. The number of unbranched alkanes of at least 4 members (excludes halogenated alkanes) is 45. The first kappa shape index (κ1) is 67.1. The first-order valence-corrected chi connectivity index (χ1v) is 31.2. The van der Waals surface area contributed by atoms with E-state index in [1.54, 1.807) is 0 Å². The monoisotopic (exact) mass is 973 g/mol. The van der Waals surface area contributed by atoms with E-state index in [0.717, 1.165) is 57.8 Å². The average molecular weight is 974 g/mol. The van der Waals surface area contributed by atoms with Gasteiger partial charge in [-0.1, -0.05) is 303 Å². The highest BCUT2D eigenvalue weighted by molar-refractivity contribution is 5.71. The molecule has 0 spiro atoms. The molecule has 0 heterocycles. The summed E-state index contributed by atoms with van der Waals surface area (Å²) >= 11 is 0. The molecule has 1 unspecified atom stereocenters. The second kappa shape index (κ2) is 58.7. The third-order valence-electron chi connectivity index (χ3n) is 14.3. The van der Waals surface area contributed by atoms with Gasteiger partial charge in [-0.25, -0.2) is 0 Å². The first-order chi connectivity index (χ1) is 34.0. The van der Waals surface area contributed by atoms with Crippen molar-refractivity contribution in [3.8, 4) is 0 Å². The Bertz CT molecular complexity index is 1070. The van der Waals surface area contributed by atoms with Crippen molar-refractivity contribution in [2.24, 2.45) is 0 Å². The van der Waals surface area contributed by atoms with E-state index in [2.05, 4.69) is 32.9 Å². The number of rotatable bonds is 58. The van der Waals surface area contributed by atoms with Gasteiger partial charge in [-0.2, -0.15) is 0 Å². The fourth-order valence-electron chi connectivity index (χ4n) is 9.56. The van der Waals surface area contributed by atoms with Crippen LogP contribution in [0.2, 0.25) is 0 Å². The van der Waals surface area contributed by atoms with E-state index >= 15 is 0 Å². The van der Waals surface area contributed by atoms with Gasteiger partial charge in [0.15, 0.2) is 6.10 Å². The molecule has 0 aromatic heterocycles. The average Bonchev–Trinajstić information content (AvgIpc) is 3.35. The van der Waals surface area contributed by atoms with Crippen LogP contribution in [0.25, 0.3) is 0 Å². The van der Waals surface area contributed by atoms with Crippen molar-refractivity contribution in [1.29, 1.82) is 0 Å². The second-order valence-corrected chi connectivity index (χ2v) is 21.3. The minimum atomic E-state index is -0.760. The van der Waals surface area contributed by atoms with Gasteiger partial charge in [-0.3, -0.25) is 14.4 Å². The molecule has 1 atom stereocenters. The van der Waals surface area contributed by atoms with Gasteiger partial charge < -0.3 is 14.2 Å². The van der Waals surface area contributed by atoms with Crippen LogP contribution in [0.3, 0.4) is 0 Å². The summed E-state index contributed by atoms with van der Waals surface area (Å²) < 4.78 is 16.8. The molecule has 0 radical (unpaired) electrons. The minimum Gasteiger partial charge on any atom is -0.462 e. The number of esters is 3. The van der Waals surface area contributed by atoms with Crippen molar-refractivity contribution < 1.29 is 28.6 Å². The molecule has 0 aliphatic carbocycles. The van der Waals surface area contributed by atoms with Crippen molar-refractivity contribution in [1.82, 2.24) is 0 Å². The lowest BCUT2D eigenvalue weighted by Crippen LogP contribution is -2.30. The molecule has 0 N–H and O–H groups in total. The summed E-state index contributed by atoms with van der Waals surface area (Å²) in [5.74, 6) is -0.849. The third kappa shape index (κ3) is 56.9. The quantitative estimate of drug-likeness (QED) is 0.0261. The molecule has 0 aliphatic rings. The normalized spacial score (nSPS) is 12.0. The van der Waals surface area contributed by atoms with Crippen LogP contribution in [0.1, 0.15) is 355 Å². The lowest BCUT2D eigenvalue weighted by atomic mass is 10.0. The molecule has 6 nitrogen and oxygen atoms in total. The predicted octanol–water partition coefficient (Wildman–Crippen LogP) is 20.9. The molecule has 0 rings (SSSR count). The Hall–Kier alpha value is -1.85. The van der Waals surface area contributed by atoms with Crippen LogP contribution in [0.4, 0.5) is 0 Å². The van der Waals surface area contributed by atoms with Crippen LogP contribution in [0.5, 0.6) is 0 Å². The molecular formula is C63H120O6. The number of carbonyl (C=O) groups is 3. The first-order valence-electron chi connectivity index (χ1n) is 31.2. The van der Waals surface area contributed by atoms with Crippen LogP contribution in [-0.4, -0.2) is 37.2 Å². The number of hydrogen-bond acceptors (Lipinski definition) is 6. The summed E-state index contributed by atoms with van der Waals surface area (Å²) in [4.78, 5) is 37.9. The van der Waals surface area contributed by atoms with Crippen LogP contribution < -0.4 is 0 Å². The molecule has 0 saturated heterocycles. The SMILES string of the molecule is CCCCCCCCCC/C=C\CCCCCCCCCCCCCCCCCCCCCCCC(=O)OCC(COC(=O)CCCCCCCCCC)OC(=O)CCCCCCCCCCCC. The van der Waals surface area contributed by atoms with E-state index in [1.165, 1.54) is 257 Å². The molecule has 0 aromatic rings. The van der Waals surface area contributed by atoms with Gasteiger partial charge in [0.2, 0.25) is 0 Å². The summed E-state index contributed by atoms with van der Waals surface area (Å²) in [6.07, 6.45) is 68.4. The van der Waals surface area contributed by atoms with Gasteiger partial charge in [-0.05, 0) is 44.9 Å². The number of carbonyl (C=O) groups excluding carboxylic acids is 3. The number of ether oxygens (including phenoxy) is 3. The predicted molar refractivity (Wildman–Crippen MR) is 298 cm³/mol. The number of hydrogen-bond donors (Lipinski definition) is 0. The van der Waals surface area contributed by atoms with Gasteiger partial charge in [-0.15, -0.1) is 0 Å². The van der Waals surface area contributed by atoms with E-state index in [0.29, 0.717) is 19.3 Å². The van der Waals surface area contributed by atoms with Crippen molar-refractivity contribution in [2.45, 2.75) is 361 Å². The highest BCUT2D eigenvalue weighted by Crippen LogP contribution is 2.18. The van der Waals surface area contributed by atoms with Crippen molar-refractivity contribution in [3.05, 3.63) is 12.2 Å². The minimum absolute atomic E-state index is 0.0635. The van der Waals surface area contributed by atoms with Gasteiger partial charge in [0.1, 0.15) is 13.2 Å². The standard InChI is InChI=1S/C63H120O6/c1-4-7-10-13-16-19-21-22-23-24-25-26-27-28-29-30-31-32-33-34-35-36-37-38-39-40-41-42-43-45-47-50-53-56-62(65)68-59-60(58-67-61(64)55-52-49-46-18-15-12-9-6-3)69-63(66)57-54-51-48-44-20-17-14-11-8-5-2/h24-25,60H,4-23,26-59H2,1-3H3/b25-24-. The molecular weight excluding hydrogens is 853 g/mol. The zero-order valence-corrected chi connectivity index (χ0v) is 46.9. The van der Waals surface area contributed by atoms with Crippen molar-refractivity contribution in [3.63, 3.8) is 0 Å². The van der Waals surface area contributed by atoms with E-state index in [1.807, 2.05) is 0 Å². The summed E-state index contributed by atoms with van der Waals surface area (Å²) in [5.41, 5.74) is 0. The second-order valence-electron chi connectivity index (χ2n) is 21.3. The maximum absolute atomic E-state index is 12.7.